The van der Waals surface area contributed by atoms with E-state index in [9.17, 15) is 4.39 Å². The topological polar surface area (TPSA) is 50.3 Å². The second-order valence-corrected chi connectivity index (χ2v) is 4.65. The third-order valence-corrected chi connectivity index (χ3v) is 3.31. The number of aromatic amines is 1. The number of rotatable bonds is 4. The lowest BCUT2D eigenvalue weighted by Gasteiger charge is -2.06. The number of pyridine rings is 1. The van der Waals surface area contributed by atoms with Crippen molar-refractivity contribution < 1.29 is 9.23 Å². The predicted molar refractivity (Wildman–Crippen MR) is 84.0 cm³/mol. The van der Waals surface area contributed by atoms with Gasteiger partial charge in [0.1, 0.15) is 12.9 Å². The van der Waals surface area contributed by atoms with Gasteiger partial charge >= 0.3 is 0 Å². The predicted octanol–water partition coefficient (Wildman–Crippen LogP) is 3.86. The maximum Gasteiger partial charge on any atom is 0.123 e. The van der Waals surface area contributed by atoms with Crippen LogP contribution in [0.15, 0.2) is 60.1 Å². The van der Waals surface area contributed by atoms with E-state index in [4.69, 9.17) is 4.84 Å². The fraction of sp³-hybridized carbons (Fsp3) is 0.0588. The molecule has 0 aliphatic heterocycles. The van der Waals surface area contributed by atoms with Crippen LogP contribution in [0.4, 0.5) is 4.39 Å². The van der Waals surface area contributed by atoms with E-state index in [2.05, 4.69) is 15.1 Å². The fourth-order valence-electron chi connectivity index (χ4n) is 2.32. The minimum Gasteiger partial charge on any atom is -0.399 e. The molecule has 110 valence electrons. The van der Waals surface area contributed by atoms with Gasteiger partial charge in [0.25, 0.3) is 0 Å². The van der Waals surface area contributed by atoms with Crippen molar-refractivity contribution in [1.82, 2.24) is 9.97 Å². The van der Waals surface area contributed by atoms with Gasteiger partial charge < -0.3 is 9.82 Å². The Balaban J connectivity index is 2.16. The molecule has 3 rings (SSSR count). The normalized spacial score (nSPS) is 11.0. The Bertz CT molecular complexity index is 779. The third kappa shape index (κ3) is 2.74. The van der Waals surface area contributed by atoms with Gasteiger partial charge in [0.05, 0.1) is 11.9 Å². The largest absolute Gasteiger partial charge is 0.399 e. The maximum absolute atomic E-state index is 13.1. The lowest BCUT2D eigenvalue weighted by molar-refractivity contribution is 0.215. The number of benzene rings is 1. The first-order valence-corrected chi connectivity index (χ1v) is 6.74. The second-order valence-electron chi connectivity index (χ2n) is 4.65. The Morgan fingerprint density at radius 3 is 2.50 bits per heavy atom. The van der Waals surface area contributed by atoms with E-state index in [0.29, 0.717) is 0 Å². The summed E-state index contributed by atoms with van der Waals surface area (Å²) in [5.41, 5.74) is 4.63. The number of oxime groups is 1. The van der Waals surface area contributed by atoms with E-state index in [1.54, 1.807) is 30.7 Å². The highest BCUT2D eigenvalue weighted by atomic mass is 19.1. The molecule has 0 fully saturated rings. The molecular formula is C17H14FN3O. The number of halogens is 1. The summed E-state index contributed by atoms with van der Waals surface area (Å²) in [6.45, 7) is 0. The van der Waals surface area contributed by atoms with Crippen molar-refractivity contribution in [3.8, 4) is 22.4 Å². The molecule has 0 saturated carbocycles. The summed E-state index contributed by atoms with van der Waals surface area (Å²) in [7, 11) is 1.50. The minimum atomic E-state index is -0.262. The Hall–Kier alpha value is -2.95. The molecule has 0 bridgehead atoms. The van der Waals surface area contributed by atoms with Gasteiger partial charge in [-0.15, -0.1) is 0 Å². The zero-order chi connectivity index (χ0) is 15.4. The van der Waals surface area contributed by atoms with Crippen LogP contribution in [0.5, 0.6) is 0 Å². The quantitative estimate of drug-likeness (QED) is 0.587. The molecule has 2 heterocycles. The smallest absolute Gasteiger partial charge is 0.123 e. The molecule has 22 heavy (non-hydrogen) atoms. The number of nitrogens with zero attached hydrogens (tertiary/aromatic N) is 2. The van der Waals surface area contributed by atoms with E-state index >= 15 is 0 Å². The van der Waals surface area contributed by atoms with E-state index in [-0.39, 0.29) is 5.82 Å². The zero-order valence-electron chi connectivity index (χ0n) is 12.0. The first-order chi connectivity index (χ1) is 10.8. The Morgan fingerprint density at radius 2 is 1.82 bits per heavy atom. The Morgan fingerprint density at radius 1 is 1.09 bits per heavy atom. The van der Waals surface area contributed by atoms with Crippen LogP contribution in [0.3, 0.4) is 0 Å². The van der Waals surface area contributed by atoms with Gasteiger partial charge in [-0.25, -0.2) is 4.39 Å². The first kappa shape index (κ1) is 14.0. The van der Waals surface area contributed by atoms with Crippen LogP contribution in [-0.4, -0.2) is 23.3 Å². The zero-order valence-corrected chi connectivity index (χ0v) is 12.0. The van der Waals surface area contributed by atoms with Crippen LogP contribution in [0.1, 0.15) is 5.56 Å². The number of nitrogens with one attached hydrogen (secondary N) is 1. The molecule has 0 saturated heterocycles. The van der Waals surface area contributed by atoms with Crippen LogP contribution in [-0.2, 0) is 4.84 Å². The van der Waals surface area contributed by atoms with E-state index in [1.807, 2.05) is 18.3 Å². The summed E-state index contributed by atoms with van der Waals surface area (Å²) in [6.07, 6.45) is 6.94. The number of hydrogen-bond acceptors (Lipinski definition) is 3. The van der Waals surface area contributed by atoms with Gasteiger partial charge in [0.15, 0.2) is 0 Å². The van der Waals surface area contributed by atoms with Gasteiger partial charge in [-0.2, -0.15) is 0 Å². The summed E-state index contributed by atoms with van der Waals surface area (Å²) >= 11 is 0. The van der Waals surface area contributed by atoms with Gasteiger partial charge in [-0.3, -0.25) is 4.98 Å². The van der Waals surface area contributed by atoms with Gasteiger partial charge in [0.2, 0.25) is 0 Å². The van der Waals surface area contributed by atoms with Crippen LogP contribution < -0.4 is 0 Å². The van der Waals surface area contributed by atoms with Crippen molar-refractivity contribution in [2.45, 2.75) is 0 Å². The summed E-state index contributed by atoms with van der Waals surface area (Å²) in [5, 5.41) is 3.83. The molecule has 2 aromatic heterocycles. The lowest BCUT2D eigenvalue weighted by atomic mass is 9.99. The summed E-state index contributed by atoms with van der Waals surface area (Å²) in [6, 6.07) is 10.2. The van der Waals surface area contributed by atoms with Crippen LogP contribution in [0.2, 0.25) is 0 Å². The summed E-state index contributed by atoms with van der Waals surface area (Å²) in [4.78, 5) is 12.0. The highest BCUT2D eigenvalue weighted by Gasteiger charge is 2.14. The van der Waals surface area contributed by atoms with Gasteiger partial charge in [-0.1, -0.05) is 5.16 Å². The highest BCUT2D eigenvalue weighted by molar-refractivity contribution is 5.96. The van der Waals surface area contributed by atoms with E-state index in [0.717, 1.165) is 27.9 Å². The van der Waals surface area contributed by atoms with Crippen LogP contribution in [0.25, 0.3) is 22.4 Å². The molecule has 3 aromatic rings. The van der Waals surface area contributed by atoms with Crippen molar-refractivity contribution >= 4 is 6.21 Å². The number of H-pyrrole nitrogens is 1. The van der Waals surface area contributed by atoms with Crippen molar-refractivity contribution in [2.24, 2.45) is 5.16 Å². The molecule has 0 radical (unpaired) electrons. The fourth-order valence-corrected chi connectivity index (χ4v) is 2.32. The van der Waals surface area contributed by atoms with Crippen LogP contribution >= 0.6 is 0 Å². The highest BCUT2D eigenvalue weighted by Crippen LogP contribution is 2.33. The molecule has 0 amide bonds. The van der Waals surface area contributed by atoms with Crippen LogP contribution in [0, 0.1) is 5.82 Å². The number of hydrogen-bond donors (Lipinski definition) is 1. The van der Waals surface area contributed by atoms with Crippen molar-refractivity contribution in [3.63, 3.8) is 0 Å². The molecule has 0 spiro atoms. The molecule has 1 aromatic carbocycles. The Kier molecular flexibility index (Phi) is 3.96. The monoisotopic (exact) mass is 295 g/mol. The summed E-state index contributed by atoms with van der Waals surface area (Å²) < 4.78 is 13.1. The first-order valence-electron chi connectivity index (χ1n) is 6.74. The third-order valence-electron chi connectivity index (χ3n) is 3.31. The van der Waals surface area contributed by atoms with Gasteiger partial charge in [-0.05, 0) is 47.5 Å². The minimum absolute atomic E-state index is 0.262. The number of aromatic nitrogens is 2. The molecule has 0 aliphatic rings. The molecule has 4 nitrogen and oxygen atoms in total. The lowest BCUT2D eigenvalue weighted by Crippen LogP contribution is -1.88. The average molecular weight is 295 g/mol. The second kappa shape index (κ2) is 6.22. The van der Waals surface area contributed by atoms with Crippen molar-refractivity contribution in [2.75, 3.05) is 7.11 Å². The summed E-state index contributed by atoms with van der Waals surface area (Å²) in [5.74, 6) is -0.262. The van der Waals surface area contributed by atoms with Crippen molar-refractivity contribution in [1.29, 1.82) is 0 Å². The van der Waals surface area contributed by atoms with Gasteiger partial charge in [0, 0.05) is 29.7 Å². The SMILES string of the molecule is CO/N=C/c1c[nH]c(-c2ccc(F)cc2)c1-c1ccncc1. The molecule has 0 aliphatic carbocycles. The molecule has 0 unspecified atom stereocenters. The van der Waals surface area contributed by atoms with E-state index < -0.39 is 0 Å². The maximum atomic E-state index is 13.1. The standard InChI is InChI=1S/C17H14FN3O/c1-22-21-11-14-10-20-17(13-2-4-15(18)5-3-13)16(14)12-6-8-19-9-7-12/h2-11,20H,1H3/b21-11+. The molecule has 0 atom stereocenters. The molecule has 5 heteroatoms. The Labute approximate surface area is 127 Å². The molecular weight excluding hydrogens is 281 g/mol. The van der Waals surface area contributed by atoms with E-state index in [1.165, 1.54) is 19.2 Å². The average Bonchev–Trinajstić information content (AvgIpc) is 2.98. The molecule has 1 N–H and O–H groups in total. The van der Waals surface area contributed by atoms with Crippen molar-refractivity contribution in [3.05, 3.63) is 66.4 Å².